The van der Waals surface area contributed by atoms with Crippen molar-refractivity contribution in [1.29, 1.82) is 0 Å². The van der Waals surface area contributed by atoms with Crippen molar-refractivity contribution in [2.24, 2.45) is 5.92 Å². The minimum atomic E-state index is -0.517. The lowest BCUT2D eigenvalue weighted by Crippen LogP contribution is -2.14. The van der Waals surface area contributed by atoms with Gasteiger partial charge in [0.2, 0.25) is 0 Å². The van der Waals surface area contributed by atoms with Crippen molar-refractivity contribution in [1.82, 2.24) is 0 Å². The predicted octanol–water partition coefficient (Wildman–Crippen LogP) is 6.94. The van der Waals surface area contributed by atoms with E-state index in [1.165, 1.54) is 6.08 Å². The number of esters is 3. The van der Waals surface area contributed by atoms with Gasteiger partial charge in [-0.25, -0.2) is 9.59 Å². The smallest absolute Gasteiger partial charge is 0.338 e. The van der Waals surface area contributed by atoms with Gasteiger partial charge in [0.05, 0.1) is 13.0 Å². The molecule has 3 aromatic carbocycles. The zero-order chi connectivity index (χ0) is 28.7. The number of ether oxygens (including phenoxy) is 4. The zero-order valence-electron chi connectivity index (χ0n) is 23.0. The molecule has 0 atom stereocenters. The second-order valence-corrected chi connectivity index (χ2v) is 9.49. The van der Waals surface area contributed by atoms with Crippen molar-refractivity contribution in [3.05, 3.63) is 84.5 Å². The molecule has 0 saturated carbocycles. The van der Waals surface area contributed by atoms with Crippen LogP contribution in [0.15, 0.2) is 84.5 Å². The molecule has 0 aliphatic rings. The van der Waals surface area contributed by atoms with Gasteiger partial charge in [0.15, 0.2) is 0 Å². The maximum absolute atomic E-state index is 12.6. The summed E-state index contributed by atoms with van der Waals surface area (Å²) in [5.74, 6) is 0.0275. The van der Waals surface area contributed by atoms with Crippen molar-refractivity contribution < 1.29 is 33.3 Å². The minimum absolute atomic E-state index is 0.255. The summed E-state index contributed by atoms with van der Waals surface area (Å²) in [6.45, 7) is 12.3. The van der Waals surface area contributed by atoms with E-state index in [9.17, 15) is 14.4 Å². The quantitative estimate of drug-likeness (QED) is 0.169. The maximum atomic E-state index is 12.6. The molecule has 3 aromatic rings. The van der Waals surface area contributed by atoms with Crippen LogP contribution in [0.4, 0.5) is 0 Å². The lowest BCUT2D eigenvalue weighted by molar-refractivity contribution is -0.137. The summed E-state index contributed by atoms with van der Waals surface area (Å²) in [5, 5.41) is 0. The summed E-state index contributed by atoms with van der Waals surface area (Å²) in [7, 11) is 1.55. The van der Waals surface area contributed by atoms with Crippen LogP contribution in [0.5, 0.6) is 23.0 Å². The topological polar surface area (TPSA) is 88.1 Å². The van der Waals surface area contributed by atoms with Crippen LogP contribution >= 0.6 is 0 Å². The molecule has 39 heavy (non-hydrogen) atoms. The minimum Gasteiger partial charge on any atom is -0.496 e. The van der Waals surface area contributed by atoms with E-state index in [1.807, 2.05) is 0 Å². The first-order chi connectivity index (χ1) is 18.5. The van der Waals surface area contributed by atoms with Crippen molar-refractivity contribution in [3.63, 3.8) is 0 Å². The number of benzene rings is 3. The molecule has 0 spiro atoms. The van der Waals surface area contributed by atoms with Crippen molar-refractivity contribution in [3.8, 4) is 45.3 Å². The van der Waals surface area contributed by atoms with Crippen molar-refractivity contribution >= 4 is 17.9 Å². The number of methoxy groups -OCH3 is 1. The Morgan fingerprint density at radius 2 is 1.23 bits per heavy atom. The van der Waals surface area contributed by atoms with Crippen LogP contribution < -0.4 is 18.9 Å². The summed E-state index contributed by atoms with van der Waals surface area (Å²) < 4.78 is 22.1. The Bertz CT molecular complexity index is 1410. The Kier molecular flexibility index (Phi) is 9.44. The number of carbonyl (C=O) groups is 3. The first-order valence-electron chi connectivity index (χ1n) is 12.4. The van der Waals surface area contributed by atoms with Gasteiger partial charge in [0.1, 0.15) is 23.0 Å². The highest BCUT2D eigenvalue weighted by Crippen LogP contribution is 2.41. The molecule has 0 aromatic heterocycles. The molecule has 0 amide bonds. The third-order valence-corrected chi connectivity index (χ3v) is 5.50. The van der Waals surface area contributed by atoms with E-state index < -0.39 is 11.9 Å². The fraction of sp³-hybridized carbons (Fsp3) is 0.219. The number of hydrogen-bond donors (Lipinski definition) is 0. The number of rotatable bonds is 9. The molecular weight excluding hydrogens is 496 g/mol. The first kappa shape index (κ1) is 28.9. The summed E-state index contributed by atoms with van der Waals surface area (Å²) >= 11 is 0. The van der Waals surface area contributed by atoms with Crippen LogP contribution in [0, 0.1) is 5.92 Å². The monoisotopic (exact) mass is 528 g/mol. The van der Waals surface area contributed by atoms with Crippen LogP contribution in [0.1, 0.15) is 34.6 Å². The highest BCUT2D eigenvalue weighted by atomic mass is 16.5. The Morgan fingerprint density at radius 3 is 1.69 bits per heavy atom. The average Bonchev–Trinajstić information content (AvgIpc) is 2.88. The van der Waals surface area contributed by atoms with E-state index in [0.29, 0.717) is 39.7 Å². The molecule has 7 heteroatoms. The largest absolute Gasteiger partial charge is 0.496 e. The van der Waals surface area contributed by atoms with Gasteiger partial charge >= 0.3 is 17.9 Å². The molecule has 0 fully saturated rings. The summed E-state index contributed by atoms with van der Waals surface area (Å²) in [6, 6.07) is 17.3. The Labute approximate surface area is 228 Å². The maximum Gasteiger partial charge on any atom is 0.338 e. The predicted molar refractivity (Wildman–Crippen MR) is 150 cm³/mol. The molecule has 0 aliphatic carbocycles. The first-order valence-corrected chi connectivity index (χ1v) is 12.4. The summed E-state index contributed by atoms with van der Waals surface area (Å²) in [5.41, 5.74) is 3.85. The lowest BCUT2D eigenvalue weighted by Gasteiger charge is -2.16. The van der Waals surface area contributed by atoms with E-state index >= 15 is 0 Å². The fourth-order valence-corrected chi connectivity index (χ4v) is 3.47. The van der Waals surface area contributed by atoms with E-state index in [4.69, 9.17) is 18.9 Å². The Hall–Kier alpha value is -4.65. The molecule has 0 radical (unpaired) electrons. The van der Waals surface area contributed by atoms with Crippen LogP contribution in [0.2, 0.25) is 0 Å². The molecule has 3 rings (SSSR count). The third kappa shape index (κ3) is 7.68. The Morgan fingerprint density at radius 1 is 0.744 bits per heavy atom. The molecule has 0 aliphatic heterocycles. The van der Waals surface area contributed by atoms with E-state index in [-0.39, 0.29) is 11.9 Å². The lowest BCUT2D eigenvalue weighted by atomic mass is 9.97. The van der Waals surface area contributed by atoms with Crippen LogP contribution in [0.3, 0.4) is 0 Å². The zero-order valence-corrected chi connectivity index (χ0v) is 23.0. The van der Waals surface area contributed by atoms with E-state index in [1.54, 1.807) is 102 Å². The van der Waals surface area contributed by atoms with Gasteiger partial charge in [-0.05, 0) is 68.3 Å². The number of carbonyl (C=O) groups excluding carboxylic acids is 3. The van der Waals surface area contributed by atoms with Gasteiger partial charge < -0.3 is 18.9 Å². The standard InChI is InChI=1S/C32H32O7/c1-19(2)16-30(33)39-29-18-26(22-8-12-24(13-9-22)37-31(34)20(3)4)28(36-7)17-27(29)23-10-14-25(15-11-23)38-32(35)21(5)6/h8-18,21H,3H2,1-2,4-7H3. The second kappa shape index (κ2) is 12.7. The third-order valence-electron chi connectivity index (χ3n) is 5.50. The van der Waals surface area contributed by atoms with Gasteiger partial charge in [0, 0.05) is 22.8 Å². The van der Waals surface area contributed by atoms with Gasteiger partial charge in [-0.15, -0.1) is 0 Å². The molecule has 202 valence electrons. The SMILES string of the molecule is C=C(C)C(=O)Oc1ccc(-c2cc(OC(=O)C=C(C)C)c(-c3ccc(OC(=O)C(C)C)cc3)cc2OC)cc1. The number of allylic oxidation sites excluding steroid dienone is 1. The highest BCUT2D eigenvalue weighted by Gasteiger charge is 2.18. The summed E-state index contributed by atoms with van der Waals surface area (Å²) in [6.07, 6.45) is 1.41. The van der Waals surface area contributed by atoms with Crippen LogP contribution in [-0.2, 0) is 14.4 Å². The molecule has 0 saturated heterocycles. The van der Waals surface area contributed by atoms with Crippen molar-refractivity contribution in [2.45, 2.75) is 34.6 Å². The fourth-order valence-electron chi connectivity index (χ4n) is 3.47. The van der Waals surface area contributed by atoms with Gasteiger partial charge in [-0.2, -0.15) is 0 Å². The summed E-state index contributed by atoms with van der Waals surface area (Å²) in [4.78, 5) is 36.4. The van der Waals surface area contributed by atoms with Crippen LogP contribution in [0.25, 0.3) is 22.3 Å². The Balaban J connectivity index is 2.05. The van der Waals surface area contributed by atoms with Gasteiger partial charge in [-0.1, -0.05) is 50.3 Å². The van der Waals surface area contributed by atoms with E-state index in [2.05, 4.69) is 6.58 Å². The van der Waals surface area contributed by atoms with E-state index in [0.717, 1.165) is 16.7 Å². The molecule has 0 N–H and O–H groups in total. The van der Waals surface area contributed by atoms with Gasteiger partial charge in [-0.3, -0.25) is 4.79 Å². The van der Waals surface area contributed by atoms with Crippen molar-refractivity contribution in [2.75, 3.05) is 7.11 Å². The molecule has 0 bridgehead atoms. The molecule has 0 heterocycles. The highest BCUT2D eigenvalue weighted by molar-refractivity contribution is 5.90. The van der Waals surface area contributed by atoms with Crippen LogP contribution in [-0.4, -0.2) is 25.0 Å². The molecule has 0 unspecified atom stereocenters. The average molecular weight is 529 g/mol. The molecular formula is C32H32O7. The number of hydrogen-bond acceptors (Lipinski definition) is 7. The second-order valence-electron chi connectivity index (χ2n) is 9.49. The normalized spacial score (nSPS) is 10.4. The molecule has 7 nitrogen and oxygen atoms in total. The van der Waals surface area contributed by atoms with Gasteiger partial charge in [0.25, 0.3) is 0 Å².